The summed E-state index contributed by atoms with van der Waals surface area (Å²) >= 11 is 0. The molecule has 3 aromatic carbocycles. The van der Waals surface area contributed by atoms with Crippen LogP contribution in [0, 0.1) is 0 Å². The number of carbonyl (C=O) groups is 2. The fraction of sp³-hybridized carbons (Fsp3) is 0.259. The molecule has 3 rings (SSSR count). The van der Waals surface area contributed by atoms with Crippen LogP contribution >= 0.6 is 0 Å². The van der Waals surface area contributed by atoms with Crippen molar-refractivity contribution in [3.05, 3.63) is 101 Å². The zero-order chi connectivity index (χ0) is 24.9. The van der Waals surface area contributed by atoms with Gasteiger partial charge in [0.1, 0.15) is 0 Å². The predicted molar refractivity (Wildman–Crippen MR) is 135 cm³/mol. The molecule has 0 unspecified atom stereocenters. The molecule has 6 nitrogen and oxygen atoms in total. The molecule has 0 spiro atoms. The van der Waals surface area contributed by atoms with E-state index < -0.39 is 15.9 Å². The number of nitrogens with one attached hydrogen (secondary N) is 1. The van der Waals surface area contributed by atoms with Gasteiger partial charge in [-0.2, -0.15) is 4.31 Å². The molecule has 1 amide bonds. The highest BCUT2D eigenvalue weighted by Gasteiger charge is 2.21. The van der Waals surface area contributed by atoms with Gasteiger partial charge >= 0.3 is 0 Å². The summed E-state index contributed by atoms with van der Waals surface area (Å²) in [5, 5.41) is 2.71. The van der Waals surface area contributed by atoms with Crippen molar-refractivity contribution in [2.75, 3.05) is 18.1 Å². The third kappa shape index (κ3) is 6.85. The first kappa shape index (κ1) is 25.3. The predicted octanol–water partition coefficient (Wildman–Crippen LogP) is 4.62. The highest BCUT2D eigenvalue weighted by molar-refractivity contribution is 7.88. The van der Waals surface area contributed by atoms with Crippen LogP contribution in [-0.2, 0) is 26.8 Å². The molecule has 0 atom stereocenters. The quantitative estimate of drug-likeness (QED) is 0.479. The Hall–Kier alpha value is -3.29. The lowest BCUT2D eigenvalue weighted by Crippen LogP contribution is -2.36. The van der Waals surface area contributed by atoms with Crippen LogP contribution in [0.3, 0.4) is 0 Å². The Kier molecular flexibility index (Phi) is 7.69. The van der Waals surface area contributed by atoms with E-state index in [0.717, 1.165) is 21.7 Å². The number of anilines is 1. The van der Waals surface area contributed by atoms with Gasteiger partial charge in [0.15, 0.2) is 5.78 Å². The van der Waals surface area contributed by atoms with Crippen LogP contribution in [0.25, 0.3) is 0 Å². The van der Waals surface area contributed by atoms with E-state index >= 15 is 0 Å². The summed E-state index contributed by atoms with van der Waals surface area (Å²) in [6.45, 7) is 6.10. The lowest BCUT2D eigenvalue weighted by molar-refractivity contribution is -0.116. The third-order valence-corrected chi connectivity index (χ3v) is 6.61. The maximum Gasteiger partial charge on any atom is 0.239 e. The molecule has 0 saturated heterocycles. The van der Waals surface area contributed by atoms with Crippen LogP contribution in [0.2, 0.25) is 0 Å². The second-order valence-electron chi connectivity index (χ2n) is 9.30. The van der Waals surface area contributed by atoms with E-state index in [4.69, 9.17) is 0 Å². The van der Waals surface area contributed by atoms with Crippen molar-refractivity contribution >= 4 is 27.4 Å². The second-order valence-corrected chi connectivity index (χ2v) is 11.3. The second kappa shape index (κ2) is 10.3. The van der Waals surface area contributed by atoms with E-state index in [0.29, 0.717) is 16.8 Å². The fourth-order valence-corrected chi connectivity index (χ4v) is 4.20. The van der Waals surface area contributed by atoms with Crippen molar-refractivity contribution in [2.24, 2.45) is 0 Å². The van der Waals surface area contributed by atoms with Crippen molar-refractivity contribution in [1.29, 1.82) is 0 Å². The van der Waals surface area contributed by atoms with Crippen molar-refractivity contribution < 1.29 is 18.0 Å². The lowest BCUT2D eigenvalue weighted by atomic mass is 9.86. The topological polar surface area (TPSA) is 83.6 Å². The van der Waals surface area contributed by atoms with Gasteiger partial charge in [-0.3, -0.25) is 9.59 Å². The molecule has 0 saturated carbocycles. The average molecular weight is 479 g/mol. The molecule has 7 heteroatoms. The van der Waals surface area contributed by atoms with Crippen molar-refractivity contribution in [2.45, 2.75) is 32.7 Å². The van der Waals surface area contributed by atoms with Gasteiger partial charge in [0.2, 0.25) is 15.9 Å². The van der Waals surface area contributed by atoms with E-state index in [1.807, 2.05) is 42.5 Å². The Morgan fingerprint density at radius 2 is 1.50 bits per heavy atom. The smallest absolute Gasteiger partial charge is 0.239 e. The van der Waals surface area contributed by atoms with Crippen molar-refractivity contribution in [3.63, 3.8) is 0 Å². The molecule has 0 aliphatic rings. The SMILES string of the molecule is CC(C)(C)c1ccc(C(=O)c2cccc(NC(=O)CN(Cc3ccccc3)S(C)(=O)=O)c2)cc1. The number of benzene rings is 3. The number of rotatable bonds is 8. The Morgan fingerprint density at radius 3 is 2.09 bits per heavy atom. The van der Waals surface area contributed by atoms with Crippen molar-refractivity contribution in [1.82, 2.24) is 4.31 Å². The number of sulfonamides is 1. The minimum atomic E-state index is -3.60. The van der Waals surface area contributed by atoms with Gasteiger partial charge in [-0.05, 0) is 28.7 Å². The van der Waals surface area contributed by atoms with Crippen LogP contribution < -0.4 is 5.32 Å². The maximum atomic E-state index is 13.0. The minimum Gasteiger partial charge on any atom is -0.325 e. The number of hydrogen-bond acceptors (Lipinski definition) is 4. The van der Waals surface area contributed by atoms with E-state index in [1.165, 1.54) is 0 Å². The highest BCUT2D eigenvalue weighted by atomic mass is 32.2. The van der Waals surface area contributed by atoms with Gasteiger partial charge in [-0.25, -0.2) is 8.42 Å². The van der Waals surface area contributed by atoms with Gasteiger partial charge in [-0.1, -0.05) is 87.5 Å². The highest BCUT2D eigenvalue weighted by Crippen LogP contribution is 2.23. The van der Waals surface area contributed by atoms with Gasteiger partial charge in [0, 0.05) is 23.4 Å². The first-order valence-corrected chi connectivity index (χ1v) is 12.8. The summed E-state index contributed by atoms with van der Waals surface area (Å²) in [4.78, 5) is 25.6. The summed E-state index contributed by atoms with van der Waals surface area (Å²) in [7, 11) is -3.60. The molecule has 0 aliphatic carbocycles. The van der Waals surface area contributed by atoms with Crippen LogP contribution in [-0.4, -0.2) is 37.2 Å². The van der Waals surface area contributed by atoms with Gasteiger partial charge in [0.05, 0.1) is 12.8 Å². The Morgan fingerprint density at radius 1 is 0.853 bits per heavy atom. The maximum absolute atomic E-state index is 13.0. The van der Waals surface area contributed by atoms with E-state index in [2.05, 4.69) is 26.1 Å². The van der Waals surface area contributed by atoms with Crippen LogP contribution in [0.15, 0.2) is 78.9 Å². The summed E-state index contributed by atoms with van der Waals surface area (Å²) in [6, 6.07) is 23.2. The van der Waals surface area contributed by atoms with Gasteiger partial charge < -0.3 is 5.32 Å². The number of carbonyl (C=O) groups excluding carboxylic acids is 2. The molecular formula is C27H30N2O4S. The third-order valence-electron chi connectivity index (χ3n) is 5.41. The summed E-state index contributed by atoms with van der Waals surface area (Å²) < 4.78 is 25.5. The van der Waals surface area contributed by atoms with E-state index in [9.17, 15) is 18.0 Å². The average Bonchev–Trinajstić information content (AvgIpc) is 2.78. The zero-order valence-electron chi connectivity index (χ0n) is 19.9. The Balaban J connectivity index is 1.71. The normalized spacial score (nSPS) is 11.9. The number of ketones is 1. The Labute approximate surface area is 201 Å². The lowest BCUT2D eigenvalue weighted by Gasteiger charge is -2.20. The zero-order valence-corrected chi connectivity index (χ0v) is 20.7. The molecule has 34 heavy (non-hydrogen) atoms. The van der Waals surface area contributed by atoms with E-state index in [1.54, 1.807) is 36.4 Å². The number of hydrogen-bond donors (Lipinski definition) is 1. The number of nitrogens with zero attached hydrogens (tertiary/aromatic N) is 1. The molecule has 0 bridgehead atoms. The summed E-state index contributed by atoms with van der Waals surface area (Å²) in [5.41, 5.74) is 3.33. The molecule has 1 N–H and O–H groups in total. The Bertz CT molecular complexity index is 1260. The first-order chi connectivity index (χ1) is 15.9. The molecular weight excluding hydrogens is 448 g/mol. The largest absolute Gasteiger partial charge is 0.325 e. The molecule has 0 heterocycles. The standard InChI is InChI=1S/C27H30N2O4S/c1-27(2,3)23-15-13-21(14-16-23)26(31)22-11-8-12-24(17-22)28-25(30)19-29(34(4,32)33)18-20-9-6-5-7-10-20/h5-17H,18-19H2,1-4H3,(H,28,30). The monoisotopic (exact) mass is 478 g/mol. The van der Waals surface area contributed by atoms with Crippen molar-refractivity contribution in [3.8, 4) is 0 Å². The van der Waals surface area contributed by atoms with Gasteiger partial charge in [0.25, 0.3) is 0 Å². The summed E-state index contributed by atoms with van der Waals surface area (Å²) in [6.07, 6.45) is 1.08. The van der Waals surface area contributed by atoms with Crippen LogP contribution in [0.5, 0.6) is 0 Å². The minimum absolute atomic E-state index is 0.00780. The molecule has 0 aromatic heterocycles. The van der Waals surface area contributed by atoms with Gasteiger partial charge in [-0.15, -0.1) is 0 Å². The molecule has 0 fully saturated rings. The summed E-state index contributed by atoms with van der Waals surface area (Å²) in [5.74, 6) is -0.640. The molecule has 3 aromatic rings. The van der Waals surface area contributed by atoms with Crippen LogP contribution in [0.1, 0.15) is 47.8 Å². The molecule has 0 radical (unpaired) electrons. The number of amides is 1. The fourth-order valence-electron chi connectivity index (χ4n) is 3.46. The van der Waals surface area contributed by atoms with Crippen LogP contribution in [0.4, 0.5) is 5.69 Å². The van der Waals surface area contributed by atoms with E-state index in [-0.39, 0.29) is 24.3 Å². The molecule has 0 aliphatic heterocycles. The molecule has 178 valence electrons. The first-order valence-electron chi connectivity index (χ1n) is 11.0.